The fourth-order valence-electron chi connectivity index (χ4n) is 1.53. The fraction of sp³-hybridized carbons (Fsp3) is 0.167. The third-order valence-corrected chi connectivity index (χ3v) is 4.99. The summed E-state index contributed by atoms with van der Waals surface area (Å²) in [7, 11) is -3.68. The van der Waals surface area contributed by atoms with Crippen molar-refractivity contribution in [2.75, 3.05) is 0 Å². The molecule has 0 radical (unpaired) electrons. The van der Waals surface area contributed by atoms with E-state index >= 15 is 0 Å². The molecule has 20 heavy (non-hydrogen) atoms. The lowest BCUT2D eigenvalue weighted by atomic mass is 10.3. The van der Waals surface area contributed by atoms with Crippen molar-refractivity contribution < 1.29 is 13.2 Å². The van der Waals surface area contributed by atoms with E-state index in [1.807, 2.05) is 0 Å². The van der Waals surface area contributed by atoms with Crippen LogP contribution in [0.1, 0.15) is 21.1 Å². The molecule has 0 aliphatic rings. The number of rotatable bonds is 4. The van der Waals surface area contributed by atoms with E-state index in [4.69, 9.17) is 5.14 Å². The van der Waals surface area contributed by atoms with Gasteiger partial charge in [-0.25, -0.2) is 18.5 Å². The summed E-state index contributed by atoms with van der Waals surface area (Å²) in [6.07, 6.45) is 0. The number of carbonyl (C=O) groups excluding carboxylic acids is 1. The van der Waals surface area contributed by atoms with E-state index in [1.165, 1.54) is 6.07 Å². The molecule has 0 aromatic carbocycles. The van der Waals surface area contributed by atoms with Crippen LogP contribution in [-0.2, 0) is 16.6 Å². The lowest BCUT2D eigenvalue weighted by Crippen LogP contribution is -2.23. The zero-order valence-corrected chi connectivity index (χ0v) is 12.3. The summed E-state index contributed by atoms with van der Waals surface area (Å²) in [5.41, 5.74) is 1.08. The van der Waals surface area contributed by atoms with Crippen molar-refractivity contribution in [1.82, 2.24) is 10.3 Å². The number of sulfonamides is 1. The lowest BCUT2D eigenvalue weighted by Gasteiger charge is -2.03. The van der Waals surface area contributed by atoms with Gasteiger partial charge in [-0.1, -0.05) is 6.07 Å². The first kappa shape index (κ1) is 14.6. The van der Waals surface area contributed by atoms with Gasteiger partial charge < -0.3 is 5.32 Å². The number of aromatic nitrogens is 1. The second-order valence-electron chi connectivity index (χ2n) is 4.11. The largest absolute Gasteiger partial charge is 0.346 e. The molecule has 3 N–H and O–H groups in total. The number of hydrogen-bond acceptors (Lipinski definition) is 5. The Labute approximate surface area is 120 Å². The van der Waals surface area contributed by atoms with Gasteiger partial charge in [-0.15, -0.1) is 11.3 Å². The topological polar surface area (TPSA) is 102 Å². The molecule has 0 unspecified atom stereocenters. The Kier molecular flexibility index (Phi) is 4.17. The second-order valence-corrected chi connectivity index (χ2v) is 7.07. The first-order chi connectivity index (χ1) is 9.36. The van der Waals surface area contributed by atoms with Crippen molar-refractivity contribution in [3.05, 3.63) is 46.6 Å². The van der Waals surface area contributed by atoms with Gasteiger partial charge in [0.1, 0.15) is 9.90 Å². The average molecular weight is 311 g/mol. The van der Waals surface area contributed by atoms with Gasteiger partial charge in [0.25, 0.3) is 5.91 Å². The molecule has 106 valence electrons. The Morgan fingerprint density at radius 3 is 2.70 bits per heavy atom. The molecule has 0 fully saturated rings. The molecule has 0 aliphatic heterocycles. The van der Waals surface area contributed by atoms with Gasteiger partial charge in [0.15, 0.2) is 0 Å². The lowest BCUT2D eigenvalue weighted by molar-refractivity contribution is 0.0946. The summed E-state index contributed by atoms with van der Waals surface area (Å²) in [5.74, 6) is -0.306. The minimum absolute atomic E-state index is 0.0791. The number of nitrogens with zero attached hydrogens (tertiary/aromatic N) is 1. The predicted molar refractivity (Wildman–Crippen MR) is 75.8 cm³/mol. The SMILES string of the molecule is Cc1cccc(C(=O)NCc2ccc(S(N)(=O)=O)s2)n1. The number of hydrogen-bond donors (Lipinski definition) is 2. The van der Waals surface area contributed by atoms with E-state index in [0.717, 1.165) is 17.0 Å². The summed E-state index contributed by atoms with van der Waals surface area (Å²) < 4.78 is 22.3. The Hall–Kier alpha value is -1.77. The van der Waals surface area contributed by atoms with Gasteiger partial charge in [-0.3, -0.25) is 4.79 Å². The highest BCUT2D eigenvalue weighted by Crippen LogP contribution is 2.20. The van der Waals surface area contributed by atoms with E-state index in [9.17, 15) is 13.2 Å². The van der Waals surface area contributed by atoms with Gasteiger partial charge in [-0.05, 0) is 31.2 Å². The molecule has 2 rings (SSSR count). The minimum Gasteiger partial charge on any atom is -0.346 e. The monoisotopic (exact) mass is 311 g/mol. The first-order valence-electron chi connectivity index (χ1n) is 5.69. The first-order valence-corrected chi connectivity index (χ1v) is 8.06. The molecule has 0 bridgehead atoms. The van der Waals surface area contributed by atoms with Crippen molar-refractivity contribution >= 4 is 27.3 Å². The maximum atomic E-state index is 11.9. The van der Waals surface area contributed by atoms with E-state index in [1.54, 1.807) is 31.2 Å². The second kappa shape index (κ2) is 5.70. The number of primary sulfonamides is 1. The molecule has 0 spiro atoms. The number of pyridine rings is 1. The van der Waals surface area contributed by atoms with Crippen LogP contribution in [0, 0.1) is 6.92 Å². The van der Waals surface area contributed by atoms with E-state index in [2.05, 4.69) is 10.3 Å². The molecule has 0 saturated heterocycles. The third-order valence-electron chi connectivity index (χ3n) is 2.46. The number of carbonyl (C=O) groups is 1. The van der Waals surface area contributed by atoms with Crippen molar-refractivity contribution in [1.29, 1.82) is 0 Å². The fourth-order valence-corrected chi connectivity index (χ4v) is 3.25. The molecule has 2 aromatic heterocycles. The number of amides is 1. The van der Waals surface area contributed by atoms with Gasteiger partial charge in [0, 0.05) is 10.6 Å². The zero-order chi connectivity index (χ0) is 14.8. The minimum atomic E-state index is -3.68. The van der Waals surface area contributed by atoms with E-state index in [0.29, 0.717) is 10.6 Å². The van der Waals surface area contributed by atoms with Gasteiger partial charge in [-0.2, -0.15) is 0 Å². The summed E-state index contributed by atoms with van der Waals surface area (Å²) >= 11 is 1.03. The van der Waals surface area contributed by atoms with E-state index in [-0.39, 0.29) is 16.7 Å². The van der Waals surface area contributed by atoms with Crippen LogP contribution < -0.4 is 10.5 Å². The van der Waals surface area contributed by atoms with Gasteiger partial charge >= 0.3 is 0 Å². The normalized spacial score (nSPS) is 11.3. The standard InChI is InChI=1S/C12H13N3O3S2/c1-8-3-2-4-10(15-8)12(16)14-7-9-5-6-11(19-9)20(13,17)18/h2-6H,7H2,1H3,(H,14,16)(H2,13,17,18). The molecule has 0 atom stereocenters. The van der Waals surface area contributed by atoms with Crippen LogP contribution in [0.2, 0.25) is 0 Å². The molecule has 2 aromatic rings. The van der Waals surface area contributed by atoms with E-state index < -0.39 is 10.0 Å². The maximum absolute atomic E-state index is 11.9. The molecule has 8 heteroatoms. The molecular formula is C12H13N3O3S2. The molecule has 0 aliphatic carbocycles. The highest BCUT2D eigenvalue weighted by Gasteiger charge is 2.12. The summed E-state index contributed by atoms with van der Waals surface area (Å²) in [6, 6.07) is 8.21. The maximum Gasteiger partial charge on any atom is 0.270 e. The predicted octanol–water partition coefficient (Wildman–Crippen LogP) is 1.03. The molecule has 6 nitrogen and oxygen atoms in total. The highest BCUT2D eigenvalue weighted by molar-refractivity contribution is 7.91. The van der Waals surface area contributed by atoms with Gasteiger partial charge in [0.05, 0.1) is 6.54 Å². The Bertz CT molecular complexity index is 738. The quantitative estimate of drug-likeness (QED) is 0.880. The number of nitrogens with one attached hydrogen (secondary N) is 1. The molecule has 0 saturated carbocycles. The number of thiophene rings is 1. The Morgan fingerprint density at radius 2 is 2.10 bits per heavy atom. The molecule has 2 heterocycles. The van der Waals surface area contributed by atoms with Crippen LogP contribution in [0.4, 0.5) is 0 Å². The molecular weight excluding hydrogens is 298 g/mol. The van der Waals surface area contributed by atoms with Crippen LogP contribution in [0.5, 0.6) is 0 Å². The van der Waals surface area contributed by atoms with Crippen molar-refractivity contribution in [3.8, 4) is 0 Å². The van der Waals surface area contributed by atoms with Gasteiger partial charge in [0.2, 0.25) is 10.0 Å². The van der Waals surface area contributed by atoms with Crippen molar-refractivity contribution in [2.24, 2.45) is 5.14 Å². The van der Waals surface area contributed by atoms with Crippen LogP contribution in [0.15, 0.2) is 34.5 Å². The average Bonchev–Trinajstić information content (AvgIpc) is 2.84. The van der Waals surface area contributed by atoms with Crippen molar-refractivity contribution in [2.45, 2.75) is 17.7 Å². The summed E-state index contributed by atoms with van der Waals surface area (Å²) in [4.78, 5) is 16.7. The highest BCUT2D eigenvalue weighted by atomic mass is 32.2. The van der Waals surface area contributed by atoms with Crippen LogP contribution >= 0.6 is 11.3 Å². The number of aryl methyl sites for hydroxylation is 1. The summed E-state index contributed by atoms with van der Waals surface area (Å²) in [5, 5.41) is 7.70. The van der Waals surface area contributed by atoms with Crippen LogP contribution in [0.25, 0.3) is 0 Å². The van der Waals surface area contributed by atoms with Crippen LogP contribution in [0.3, 0.4) is 0 Å². The Morgan fingerprint density at radius 1 is 1.35 bits per heavy atom. The molecule has 1 amide bonds. The van der Waals surface area contributed by atoms with Crippen molar-refractivity contribution in [3.63, 3.8) is 0 Å². The Balaban J connectivity index is 2.02. The smallest absolute Gasteiger partial charge is 0.270 e. The zero-order valence-electron chi connectivity index (χ0n) is 10.7. The third kappa shape index (κ3) is 3.62. The summed E-state index contributed by atoms with van der Waals surface area (Å²) in [6.45, 7) is 2.03. The number of nitrogens with two attached hydrogens (primary N) is 1. The van der Waals surface area contributed by atoms with Crippen LogP contribution in [-0.4, -0.2) is 19.3 Å².